The predicted molar refractivity (Wildman–Crippen MR) is 151 cm³/mol. The number of thioether (sulfide) groups is 2. The number of nitrogens with one attached hydrogen (secondary N) is 2. The Morgan fingerprint density at radius 3 is 2.66 bits per heavy atom. The third-order valence-electron chi connectivity index (χ3n) is 6.09. The molecule has 1 aromatic heterocycles. The van der Waals surface area contributed by atoms with Crippen LogP contribution in [0.2, 0.25) is 0 Å². The van der Waals surface area contributed by atoms with Gasteiger partial charge in [0.1, 0.15) is 22.9 Å². The number of aromatic nitrogens is 2. The van der Waals surface area contributed by atoms with Crippen molar-refractivity contribution < 1.29 is 34.2 Å². The van der Waals surface area contributed by atoms with Crippen LogP contribution in [-0.4, -0.2) is 112 Å². The minimum Gasteiger partial charge on any atom is -0.478 e. The number of aliphatic carboxylic acids is 2. The summed E-state index contributed by atoms with van der Waals surface area (Å²) in [4.78, 5) is 65.8. The SMILES string of the molecule is CN1C(SCC2=C(C(=O)O)N3C(=O)C(NC(=O)C(=NOC(C)(C)C(=O)O)c4nsc(N)n4)[C@@H]3SC2)=NC(=N)CC1N. The fraction of sp³-hybridized carbons (Fsp3) is 0.476. The van der Waals surface area contributed by atoms with Crippen molar-refractivity contribution in [3.8, 4) is 0 Å². The van der Waals surface area contributed by atoms with Crippen LogP contribution in [0.5, 0.6) is 0 Å². The van der Waals surface area contributed by atoms with E-state index >= 15 is 0 Å². The van der Waals surface area contributed by atoms with Crippen LogP contribution >= 0.6 is 35.1 Å². The lowest BCUT2D eigenvalue weighted by Crippen LogP contribution is -2.71. The summed E-state index contributed by atoms with van der Waals surface area (Å²) >= 11 is 3.23. The number of carbonyl (C=O) groups excluding carboxylic acids is 2. The van der Waals surface area contributed by atoms with E-state index in [1.807, 2.05) is 0 Å². The van der Waals surface area contributed by atoms with Crippen molar-refractivity contribution in [1.82, 2.24) is 24.5 Å². The van der Waals surface area contributed by atoms with E-state index < -0.39 is 52.6 Å². The number of carboxylic acid groups (broad SMARTS) is 2. The average molecular weight is 627 g/mol. The van der Waals surface area contributed by atoms with E-state index in [4.69, 9.17) is 21.7 Å². The average Bonchev–Trinajstić information content (AvgIpc) is 3.33. The zero-order valence-electron chi connectivity index (χ0n) is 21.9. The molecule has 0 aromatic carbocycles. The first-order chi connectivity index (χ1) is 19.2. The molecule has 17 nitrogen and oxygen atoms in total. The van der Waals surface area contributed by atoms with Gasteiger partial charge in [0.05, 0.1) is 6.17 Å². The van der Waals surface area contributed by atoms with Gasteiger partial charge >= 0.3 is 11.9 Å². The Morgan fingerprint density at radius 1 is 1.34 bits per heavy atom. The predicted octanol–water partition coefficient (Wildman–Crippen LogP) is -0.870. The van der Waals surface area contributed by atoms with Crippen LogP contribution in [0.1, 0.15) is 26.1 Å². The van der Waals surface area contributed by atoms with Crippen LogP contribution in [0.3, 0.4) is 0 Å². The number of fused-ring (bicyclic) bond motifs is 1. The first-order valence-electron chi connectivity index (χ1n) is 11.8. The first-order valence-corrected chi connectivity index (χ1v) is 14.6. The Kier molecular flexibility index (Phi) is 8.57. The largest absolute Gasteiger partial charge is 0.478 e. The summed E-state index contributed by atoms with van der Waals surface area (Å²) in [6.07, 6.45) is -0.134. The highest BCUT2D eigenvalue weighted by molar-refractivity contribution is 8.14. The third-order valence-corrected chi connectivity index (χ3v) is 9.11. The topological polar surface area (TPSA) is 263 Å². The van der Waals surface area contributed by atoms with Crippen LogP contribution in [0.4, 0.5) is 5.13 Å². The zero-order chi connectivity index (χ0) is 30.2. The number of amides is 2. The highest BCUT2D eigenvalue weighted by Gasteiger charge is 2.54. The fourth-order valence-corrected chi connectivity index (χ4v) is 6.69. The van der Waals surface area contributed by atoms with Crippen LogP contribution in [0, 0.1) is 5.41 Å². The van der Waals surface area contributed by atoms with Gasteiger partial charge < -0.3 is 36.7 Å². The smallest absolute Gasteiger partial charge is 0.352 e. The van der Waals surface area contributed by atoms with Crippen molar-refractivity contribution in [1.29, 1.82) is 5.41 Å². The third kappa shape index (κ3) is 6.14. The number of hydrogen-bond donors (Lipinski definition) is 6. The van der Waals surface area contributed by atoms with Crippen LogP contribution in [0.15, 0.2) is 21.4 Å². The molecule has 220 valence electrons. The van der Waals surface area contributed by atoms with Gasteiger partial charge in [-0.25, -0.2) is 14.6 Å². The van der Waals surface area contributed by atoms with Crippen molar-refractivity contribution >= 4 is 80.7 Å². The lowest BCUT2D eigenvalue weighted by atomic mass is 10.0. The number of nitrogens with two attached hydrogens (primary N) is 2. The Hall–Kier alpha value is -3.75. The molecule has 3 aliphatic rings. The van der Waals surface area contributed by atoms with E-state index in [1.54, 1.807) is 11.9 Å². The molecule has 0 aliphatic carbocycles. The Balaban J connectivity index is 1.51. The van der Waals surface area contributed by atoms with Crippen molar-refractivity contribution in [3.63, 3.8) is 0 Å². The summed E-state index contributed by atoms with van der Waals surface area (Å²) < 4.78 is 3.92. The number of carbonyl (C=O) groups is 4. The number of nitrogen functional groups attached to an aromatic ring is 1. The number of nitrogens with zero attached hydrogens (tertiary/aromatic N) is 6. The van der Waals surface area contributed by atoms with Gasteiger partial charge in [0, 0.05) is 36.5 Å². The molecule has 2 amide bonds. The number of anilines is 1. The van der Waals surface area contributed by atoms with Crippen molar-refractivity contribution in [2.75, 3.05) is 24.3 Å². The highest BCUT2D eigenvalue weighted by atomic mass is 32.2. The normalized spacial score (nSPS) is 23.1. The molecule has 0 saturated carbocycles. The zero-order valence-corrected chi connectivity index (χ0v) is 24.3. The monoisotopic (exact) mass is 626 g/mol. The lowest BCUT2D eigenvalue weighted by Gasteiger charge is -2.49. The second-order valence-electron chi connectivity index (χ2n) is 9.43. The highest BCUT2D eigenvalue weighted by Crippen LogP contribution is 2.41. The number of β-lactam (4-membered cyclic amide) rings is 1. The maximum Gasteiger partial charge on any atom is 0.352 e. The van der Waals surface area contributed by atoms with E-state index in [1.165, 1.54) is 37.4 Å². The minimum absolute atomic E-state index is 0.0116. The Morgan fingerprint density at radius 2 is 2.05 bits per heavy atom. The van der Waals surface area contributed by atoms with Crippen LogP contribution < -0.4 is 16.8 Å². The fourth-order valence-electron chi connectivity index (χ4n) is 3.72. The number of oxime groups is 1. The van der Waals surface area contributed by atoms with Gasteiger partial charge in [-0.1, -0.05) is 16.9 Å². The maximum atomic E-state index is 13.2. The van der Waals surface area contributed by atoms with E-state index in [9.17, 15) is 29.4 Å². The van der Waals surface area contributed by atoms with Crippen molar-refractivity contribution in [2.45, 2.75) is 43.5 Å². The molecule has 41 heavy (non-hydrogen) atoms. The number of carboxylic acids is 2. The van der Waals surface area contributed by atoms with Crippen LogP contribution in [-0.2, 0) is 24.0 Å². The van der Waals surface area contributed by atoms with Crippen molar-refractivity contribution in [3.05, 3.63) is 17.1 Å². The van der Waals surface area contributed by atoms with Gasteiger partial charge in [-0.15, -0.1) is 11.8 Å². The second kappa shape index (κ2) is 11.6. The Labute approximate surface area is 245 Å². The standard InChI is InChI=1S/C21H26N10O7S3/c1-21(2,18(36)37)38-28-10(13-27-19(24)41-29-13)14(32)26-11-15(33)31-12(17(34)35)7(5-39-16(11)31)6-40-20-25-8(22)4-9(23)30(20)3/h9,11,16,22H,4-6,23H2,1-3H3,(H,26,32)(H,34,35)(H,36,37)(H2,24,27,29)/t9?,11?,16-/m0/s1. The van der Waals surface area contributed by atoms with Crippen molar-refractivity contribution in [2.24, 2.45) is 15.9 Å². The molecule has 1 saturated heterocycles. The number of amidine groups is 2. The van der Waals surface area contributed by atoms with Gasteiger partial charge in [0.25, 0.3) is 11.8 Å². The van der Waals surface area contributed by atoms with Gasteiger partial charge in [-0.3, -0.25) is 19.9 Å². The van der Waals surface area contributed by atoms with E-state index in [2.05, 4.69) is 24.8 Å². The quantitative estimate of drug-likeness (QED) is 0.111. The first kappa shape index (κ1) is 30.2. The van der Waals surface area contributed by atoms with E-state index in [0.29, 0.717) is 17.2 Å². The van der Waals surface area contributed by atoms with Gasteiger partial charge in [0.15, 0.2) is 10.3 Å². The molecular formula is C21H26N10O7S3. The molecule has 0 spiro atoms. The van der Waals surface area contributed by atoms with Gasteiger partial charge in [0.2, 0.25) is 17.1 Å². The summed E-state index contributed by atoms with van der Waals surface area (Å²) in [6.45, 7) is 2.44. The molecule has 4 heterocycles. The molecule has 1 fully saturated rings. The molecule has 1 aromatic rings. The summed E-state index contributed by atoms with van der Waals surface area (Å²) in [7, 11) is 1.73. The minimum atomic E-state index is -1.80. The molecule has 4 rings (SSSR count). The summed E-state index contributed by atoms with van der Waals surface area (Å²) in [6, 6.07) is -1.11. The number of rotatable bonds is 9. The number of hydrogen-bond acceptors (Lipinski definition) is 15. The molecule has 2 unspecified atom stereocenters. The van der Waals surface area contributed by atoms with Gasteiger partial charge in [-0.05, 0) is 19.4 Å². The molecule has 3 atom stereocenters. The maximum absolute atomic E-state index is 13.2. The Bertz CT molecular complexity index is 1410. The van der Waals surface area contributed by atoms with Crippen LogP contribution in [0.25, 0.3) is 0 Å². The summed E-state index contributed by atoms with van der Waals surface area (Å²) in [5.74, 6) is -3.94. The second-order valence-corrected chi connectivity index (χ2v) is 12.3. The van der Waals surface area contributed by atoms with Gasteiger partial charge in [-0.2, -0.15) is 9.36 Å². The molecular weight excluding hydrogens is 600 g/mol. The molecule has 20 heteroatoms. The molecule has 8 N–H and O–H groups in total. The summed E-state index contributed by atoms with van der Waals surface area (Å²) in [5.41, 5.74) is 9.61. The number of aliphatic imine (C=N–C) groups is 1. The van der Waals surface area contributed by atoms with E-state index in [0.717, 1.165) is 16.4 Å². The summed E-state index contributed by atoms with van der Waals surface area (Å²) in [5, 5.41) is 33.0. The molecule has 3 aliphatic heterocycles. The lowest BCUT2D eigenvalue weighted by molar-refractivity contribution is -0.161. The van der Waals surface area contributed by atoms with E-state index in [-0.39, 0.29) is 34.0 Å². The molecule has 0 bridgehead atoms. The molecule has 0 radical (unpaired) electrons.